The van der Waals surface area contributed by atoms with Crippen LogP contribution >= 0.6 is 0 Å². The lowest BCUT2D eigenvalue weighted by Crippen LogP contribution is -2.26. The van der Waals surface area contributed by atoms with Gasteiger partial charge in [-0.2, -0.15) is 0 Å². The van der Waals surface area contributed by atoms with E-state index in [9.17, 15) is 4.79 Å². The van der Waals surface area contributed by atoms with Crippen LogP contribution in [0.25, 0.3) is 0 Å². The molecule has 0 heterocycles. The molecule has 0 aliphatic rings. The molecule has 0 aliphatic carbocycles. The van der Waals surface area contributed by atoms with E-state index in [0.717, 1.165) is 11.1 Å². The predicted molar refractivity (Wildman–Crippen MR) is 94.4 cm³/mol. The van der Waals surface area contributed by atoms with Crippen LogP contribution in [0.2, 0.25) is 0 Å². The van der Waals surface area contributed by atoms with Crippen LogP contribution in [-0.2, 0) is 17.8 Å². The van der Waals surface area contributed by atoms with Crippen molar-refractivity contribution in [2.24, 2.45) is 0 Å². The molecule has 0 fully saturated rings. The minimum absolute atomic E-state index is 0.247. The van der Waals surface area contributed by atoms with Gasteiger partial charge >= 0.3 is 6.09 Å². The zero-order valence-electron chi connectivity index (χ0n) is 14.7. The fourth-order valence-electron chi connectivity index (χ4n) is 2.36. The average molecular weight is 345 g/mol. The fraction of sp³-hybridized carbons (Fsp3) is 0.316. The Hall–Kier alpha value is -2.89. The van der Waals surface area contributed by atoms with Crippen molar-refractivity contribution in [2.75, 3.05) is 27.9 Å². The molecule has 2 rings (SSSR count). The van der Waals surface area contributed by atoms with Gasteiger partial charge in [0.1, 0.15) is 6.61 Å². The Morgan fingerprint density at radius 1 is 0.920 bits per heavy atom. The molecular weight excluding hydrogens is 322 g/mol. The Balaban J connectivity index is 1.85. The van der Waals surface area contributed by atoms with Gasteiger partial charge in [-0.25, -0.2) is 4.79 Å². The van der Waals surface area contributed by atoms with Crippen LogP contribution in [0.5, 0.6) is 17.2 Å². The van der Waals surface area contributed by atoms with Crippen LogP contribution in [-0.4, -0.2) is 34.0 Å². The van der Waals surface area contributed by atoms with Gasteiger partial charge < -0.3 is 24.3 Å². The third-order valence-electron chi connectivity index (χ3n) is 3.62. The zero-order valence-corrected chi connectivity index (χ0v) is 14.7. The molecule has 134 valence electrons. The molecule has 0 bridgehead atoms. The summed E-state index contributed by atoms with van der Waals surface area (Å²) in [5, 5.41) is 2.73. The number of benzene rings is 2. The molecule has 25 heavy (non-hydrogen) atoms. The Morgan fingerprint density at radius 3 is 2.12 bits per heavy atom. The molecule has 0 spiro atoms. The van der Waals surface area contributed by atoms with Crippen molar-refractivity contribution in [3.05, 3.63) is 53.6 Å². The second-order valence-electron chi connectivity index (χ2n) is 5.27. The molecule has 2 aromatic rings. The number of alkyl carbamates (subject to hydrolysis) is 1. The highest BCUT2D eigenvalue weighted by Gasteiger charge is 2.13. The summed E-state index contributed by atoms with van der Waals surface area (Å²) in [5.74, 6) is 1.72. The summed E-state index contributed by atoms with van der Waals surface area (Å²) in [6.45, 7) is 0.684. The van der Waals surface area contributed by atoms with Gasteiger partial charge in [-0.1, -0.05) is 30.3 Å². The first kappa shape index (κ1) is 18.4. The van der Waals surface area contributed by atoms with Crippen LogP contribution in [0.15, 0.2) is 42.5 Å². The number of amides is 1. The lowest BCUT2D eigenvalue weighted by atomic mass is 10.1. The summed E-state index contributed by atoms with van der Waals surface area (Å²) >= 11 is 0. The maximum Gasteiger partial charge on any atom is 0.407 e. The minimum Gasteiger partial charge on any atom is -0.493 e. The van der Waals surface area contributed by atoms with Crippen molar-refractivity contribution in [3.8, 4) is 17.2 Å². The van der Waals surface area contributed by atoms with Crippen LogP contribution in [0.1, 0.15) is 11.1 Å². The van der Waals surface area contributed by atoms with E-state index in [0.29, 0.717) is 30.2 Å². The number of carbonyl (C=O) groups is 1. The molecule has 0 atom stereocenters. The summed E-state index contributed by atoms with van der Waals surface area (Å²) in [6, 6.07) is 13.3. The second kappa shape index (κ2) is 9.42. The Bertz CT molecular complexity index is 662. The molecule has 1 amide bonds. The zero-order chi connectivity index (χ0) is 18.1. The summed E-state index contributed by atoms with van der Waals surface area (Å²) in [4.78, 5) is 11.8. The van der Waals surface area contributed by atoms with Gasteiger partial charge in [-0.15, -0.1) is 0 Å². The first-order valence-corrected chi connectivity index (χ1v) is 7.91. The molecule has 0 saturated carbocycles. The quantitative estimate of drug-likeness (QED) is 0.796. The molecule has 0 radical (unpaired) electrons. The standard InChI is InChI=1S/C19H23NO5/c1-22-16-11-15(12-17(23-2)18(16)24-3)9-10-20-19(21)25-13-14-7-5-4-6-8-14/h4-8,11-12H,9-10,13H2,1-3H3,(H,20,21). The van der Waals surface area contributed by atoms with Crippen molar-refractivity contribution in [1.29, 1.82) is 0 Å². The third kappa shape index (κ3) is 5.31. The third-order valence-corrected chi connectivity index (χ3v) is 3.62. The highest BCUT2D eigenvalue weighted by atomic mass is 16.5. The largest absolute Gasteiger partial charge is 0.493 e. The first-order valence-electron chi connectivity index (χ1n) is 7.91. The number of ether oxygens (including phenoxy) is 4. The highest BCUT2D eigenvalue weighted by molar-refractivity contribution is 5.67. The van der Waals surface area contributed by atoms with Gasteiger partial charge in [0.05, 0.1) is 21.3 Å². The van der Waals surface area contributed by atoms with E-state index in [1.165, 1.54) is 0 Å². The van der Waals surface area contributed by atoms with Crippen LogP contribution < -0.4 is 19.5 Å². The van der Waals surface area contributed by atoms with Crippen molar-refractivity contribution in [3.63, 3.8) is 0 Å². The molecule has 0 aromatic heterocycles. The lowest BCUT2D eigenvalue weighted by molar-refractivity contribution is 0.140. The molecule has 1 N–H and O–H groups in total. The summed E-state index contributed by atoms with van der Waals surface area (Å²) in [5.41, 5.74) is 1.90. The van der Waals surface area contributed by atoms with Crippen LogP contribution in [0.4, 0.5) is 4.79 Å². The van der Waals surface area contributed by atoms with Crippen molar-refractivity contribution in [2.45, 2.75) is 13.0 Å². The van der Waals surface area contributed by atoms with Crippen LogP contribution in [0.3, 0.4) is 0 Å². The van der Waals surface area contributed by atoms with Crippen LogP contribution in [0, 0.1) is 0 Å². The predicted octanol–water partition coefficient (Wildman–Crippen LogP) is 3.18. The summed E-state index contributed by atoms with van der Waals surface area (Å²) < 4.78 is 21.1. The highest BCUT2D eigenvalue weighted by Crippen LogP contribution is 2.38. The van der Waals surface area contributed by atoms with Gasteiger partial charge in [0, 0.05) is 6.54 Å². The maximum atomic E-state index is 11.8. The number of carbonyl (C=O) groups excluding carboxylic acids is 1. The molecule has 0 saturated heterocycles. The van der Waals surface area contributed by atoms with E-state index in [2.05, 4.69) is 5.32 Å². The van der Waals surface area contributed by atoms with E-state index in [1.54, 1.807) is 21.3 Å². The van der Waals surface area contributed by atoms with Crippen molar-refractivity contribution < 1.29 is 23.7 Å². The van der Waals surface area contributed by atoms with Gasteiger partial charge in [0.15, 0.2) is 11.5 Å². The van der Waals surface area contributed by atoms with Gasteiger partial charge in [0.25, 0.3) is 0 Å². The maximum absolute atomic E-state index is 11.8. The SMILES string of the molecule is COc1cc(CCNC(=O)OCc2ccccc2)cc(OC)c1OC. The van der Waals surface area contributed by atoms with Crippen molar-refractivity contribution in [1.82, 2.24) is 5.32 Å². The van der Waals surface area contributed by atoms with E-state index < -0.39 is 6.09 Å². The molecule has 2 aromatic carbocycles. The van der Waals surface area contributed by atoms with Gasteiger partial charge in [0.2, 0.25) is 5.75 Å². The Labute approximate surface area is 147 Å². The van der Waals surface area contributed by atoms with Crippen molar-refractivity contribution >= 4 is 6.09 Å². The molecule has 6 nitrogen and oxygen atoms in total. The van der Waals surface area contributed by atoms with E-state index in [1.807, 2.05) is 42.5 Å². The molecule has 0 unspecified atom stereocenters. The van der Waals surface area contributed by atoms with E-state index in [4.69, 9.17) is 18.9 Å². The number of rotatable bonds is 8. The molecule has 6 heteroatoms. The van der Waals surface area contributed by atoms with E-state index in [-0.39, 0.29) is 6.61 Å². The first-order chi connectivity index (χ1) is 12.2. The summed E-state index contributed by atoms with van der Waals surface area (Å²) in [6.07, 6.45) is 0.160. The van der Waals surface area contributed by atoms with E-state index >= 15 is 0 Å². The average Bonchev–Trinajstić information content (AvgIpc) is 2.66. The summed E-state index contributed by atoms with van der Waals surface area (Å²) in [7, 11) is 4.70. The number of methoxy groups -OCH3 is 3. The number of hydrogen-bond acceptors (Lipinski definition) is 5. The topological polar surface area (TPSA) is 66.0 Å². The number of nitrogens with one attached hydrogen (secondary N) is 1. The fourth-order valence-corrected chi connectivity index (χ4v) is 2.36. The Kier molecular flexibility index (Phi) is 6.95. The van der Waals surface area contributed by atoms with Gasteiger partial charge in [-0.05, 0) is 29.7 Å². The molecular formula is C19H23NO5. The minimum atomic E-state index is -0.448. The normalized spacial score (nSPS) is 10.0. The van der Waals surface area contributed by atoms with Gasteiger partial charge in [-0.3, -0.25) is 0 Å². The Morgan fingerprint density at radius 2 is 1.56 bits per heavy atom. The lowest BCUT2D eigenvalue weighted by Gasteiger charge is -2.14. The smallest absolute Gasteiger partial charge is 0.407 e. The number of hydrogen-bond donors (Lipinski definition) is 1. The molecule has 0 aliphatic heterocycles. The second-order valence-corrected chi connectivity index (χ2v) is 5.27. The monoisotopic (exact) mass is 345 g/mol.